The first-order valence-corrected chi connectivity index (χ1v) is 17.1. The molecule has 0 N–H and O–H groups in total. The minimum atomic E-state index is 0.562. The second-order valence-corrected chi connectivity index (χ2v) is 12.8. The van der Waals surface area contributed by atoms with Crippen LogP contribution in [0.4, 0.5) is 0 Å². The molecule has 10 rings (SSSR count). The predicted molar refractivity (Wildman–Crippen MR) is 209 cm³/mol. The van der Waals surface area contributed by atoms with Crippen molar-refractivity contribution in [2.75, 3.05) is 0 Å². The van der Waals surface area contributed by atoms with Crippen LogP contribution >= 0.6 is 0 Å². The van der Waals surface area contributed by atoms with Gasteiger partial charge < -0.3 is 4.42 Å². The van der Waals surface area contributed by atoms with Crippen molar-refractivity contribution in [2.45, 2.75) is 0 Å². The van der Waals surface area contributed by atoms with Gasteiger partial charge in [-0.2, -0.15) is 0 Å². The van der Waals surface area contributed by atoms with Crippen LogP contribution in [0.2, 0.25) is 0 Å². The Kier molecular flexibility index (Phi) is 6.78. The van der Waals surface area contributed by atoms with Gasteiger partial charge in [-0.3, -0.25) is 0 Å². The maximum absolute atomic E-state index is 6.47. The first kappa shape index (κ1) is 29.0. The van der Waals surface area contributed by atoms with Gasteiger partial charge in [0.15, 0.2) is 17.5 Å². The Hall–Kier alpha value is -6.91. The normalized spacial score (nSPS) is 11.5. The number of hydrogen-bond acceptors (Lipinski definition) is 4. The number of para-hydroxylation sites is 2. The monoisotopic (exact) mass is 651 g/mol. The first-order chi connectivity index (χ1) is 25.3. The van der Waals surface area contributed by atoms with Gasteiger partial charge >= 0.3 is 0 Å². The van der Waals surface area contributed by atoms with Gasteiger partial charge in [-0.15, -0.1) is 0 Å². The zero-order valence-corrected chi connectivity index (χ0v) is 27.5. The van der Waals surface area contributed by atoms with Crippen molar-refractivity contribution in [2.24, 2.45) is 0 Å². The second-order valence-electron chi connectivity index (χ2n) is 12.8. The van der Waals surface area contributed by atoms with Crippen LogP contribution in [-0.2, 0) is 0 Å². The zero-order chi connectivity index (χ0) is 33.7. The van der Waals surface area contributed by atoms with Crippen molar-refractivity contribution < 1.29 is 4.42 Å². The first-order valence-electron chi connectivity index (χ1n) is 17.1. The molecule has 0 bridgehead atoms. The summed E-state index contributed by atoms with van der Waals surface area (Å²) in [6.07, 6.45) is 0. The Morgan fingerprint density at radius 2 is 0.922 bits per heavy atom. The van der Waals surface area contributed by atoms with Gasteiger partial charge in [-0.05, 0) is 74.1 Å². The quantitative estimate of drug-likeness (QED) is 0.186. The smallest absolute Gasteiger partial charge is 0.167 e. The fourth-order valence-corrected chi connectivity index (χ4v) is 7.24. The van der Waals surface area contributed by atoms with Gasteiger partial charge in [-0.1, -0.05) is 146 Å². The Morgan fingerprint density at radius 1 is 0.314 bits per heavy atom. The number of aromatic nitrogens is 3. The Balaban J connectivity index is 1.20. The van der Waals surface area contributed by atoms with Crippen LogP contribution in [0.25, 0.3) is 99.9 Å². The molecule has 2 aromatic heterocycles. The average Bonchev–Trinajstić information content (AvgIpc) is 3.59. The molecule has 238 valence electrons. The lowest BCUT2D eigenvalue weighted by atomic mass is 9.93. The molecule has 0 spiro atoms. The molecule has 0 atom stereocenters. The number of nitrogens with zero attached hydrogens (tertiary/aromatic N) is 3. The lowest BCUT2D eigenvalue weighted by molar-refractivity contribution is 0.669. The van der Waals surface area contributed by atoms with Crippen LogP contribution in [-0.4, -0.2) is 15.0 Å². The Bertz CT molecular complexity index is 2930. The van der Waals surface area contributed by atoms with E-state index in [0.29, 0.717) is 17.5 Å². The second kappa shape index (κ2) is 11.9. The summed E-state index contributed by atoms with van der Waals surface area (Å²) < 4.78 is 6.47. The highest BCUT2D eigenvalue weighted by atomic mass is 16.3. The topological polar surface area (TPSA) is 51.8 Å². The lowest BCUT2D eigenvalue weighted by Gasteiger charge is -2.14. The molecule has 0 aliphatic heterocycles. The molecular weight excluding hydrogens is 623 g/mol. The molecule has 10 aromatic rings. The Labute approximate surface area is 294 Å². The van der Waals surface area contributed by atoms with E-state index >= 15 is 0 Å². The molecule has 2 heterocycles. The van der Waals surface area contributed by atoms with Crippen LogP contribution in [0.15, 0.2) is 180 Å². The molecule has 0 radical (unpaired) electrons. The van der Waals surface area contributed by atoms with Crippen LogP contribution < -0.4 is 0 Å². The van der Waals surface area contributed by atoms with Crippen molar-refractivity contribution in [1.29, 1.82) is 0 Å². The van der Waals surface area contributed by atoms with E-state index in [1.807, 2.05) is 36.4 Å². The molecule has 0 aliphatic rings. The summed E-state index contributed by atoms with van der Waals surface area (Å²) in [5, 5.41) is 6.75. The van der Waals surface area contributed by atoms with E-state index in [1.165, 1.54) is 16.3 Å². The average molecular weight is 652 g/mol. The number of fused-ring (bicyclic) bond motifs is 5. The highest BCUT2D eigenvalue weighted by molar-refractivity contribution is 6.09. The van der Waals surface area contributed by atoms with Crippen molar-refractivity contribution >= 4 is 43.5 Å². The summed E-state index contributed by atoms with van der Waals surface area (Å²) in [4.78, 5) is 15.6. The fourth-order valence-electron chi connectivity index (χ4n) is 7.24. The van der Waals surface area contributed by atoms with Crippen LogP contribution in [0.5, 0.6) is 0 Å². The van der Waals surface area contributed by atoms with Gasteiger partial charge in [0.1, 0.15) is 11.2 Å². The van der Waals surface area contributed by atoms with Crippen molar-refractivity contribution in [3.05, 3.63) is 176 Å². The van der Waals surface area contributed by atoms with E-state index in [-0.39, 0.29) is 0 Å². The third-order valence-corrected chi connectivity index (χ3v) is 9.73. The Morgan fingerprint density at radius 3 is 1.78 bits per heavy atom. The van der Waals surface area contributed by atoms with Gasteiger partial charge in [0.05, 0.1) is 5.56 Å². The maximum Gasteiger partial charge on any atom is 0.167 e. The summed E-state index contributed by atoms with van der Waals surface area (Å²) in [6.45, 7) is 0. The molecule has 0 amide bonds. The molecule has 4 heteroatoms. The van der Waals surface area contributed by atoms with Crippen LogP contribution in [0.1, 0.15) is 0 Å². The van der Waals surface area contributed by atoms with E-state index in [9.17, 15) is 0 Å². The van der Waals surface area contributed by atoms with Gasteiger partial charge in [0, 0.05) is 21.9 Å². The van der Waals surface area contributed by atoms with Crippen molar-refractivity contribution in [1.82, 2.24) is 15.0 Å². The summed E-state index contributed by atoms with van der Waals surface area (Å²) in [5.41, 5.74) is 8.84. The molecule has 0 saturated heterocycles. The molecular formula is C47H29N3O. The van der Waals surface area contributed by atoms with E-state index < -0.39 is 0 Å². The maximum atomic E-state index is 6.47. The van der Waals surface area contributed by atoms with Crippen LogP contribution in [0.3, 0.4) is 0 Å². The summed E-state index contributed by atoms with van der Waals surface area (Å²) in [7, 11) is 0. The van der Waals surface area contributed by atoms with Gasteiger partial charge in [0.25, 0.3) is 0 Å². The van der Waals surface area contributed by atoms with E-state index in [1.54, 1.807) is 0 Å². The molecule has 0 aliphatic carbocycles. The number of hydrogen-bond donors (Lipinski definition) is 0. The number of benzene rings is 8. The largest absolute Gasteiger partial charge is 0.455 e. The van der Waals surface area contributed by atoms with Crippen molar-refractivity contribution in [3.8, 4) is 56.4 Å². The molecule has 4 nitrogen and oxygen atoms in total. The van der Waals surface area contributed by atoms with Crippen LogP contribution in [0, 0.1) is 0 Å². The van der Waals surface area contributed by atoms with E-state index in [0.717, 1.165) is 66.1 Å². The molecule has 0 unspecified atom stereocenters. The van der Waals surface area contributed by atoms with Crippen molar-refractivity contribution in [3.63, 3.8) is 0 Å². The summed E-state index contributed by atoms with van der Waals surface area (Å²) in [6, 6.07) is 61.1. The molecule has 8 aromatic carbocycles. The van der Waals surface area contributed by atoms with Gasteiger partial charge in [-0.25, -0.2) is 15.0 Å². The molecule has 0 saturated carbocycles. The number of furan rings is 1. The number of rotatable bonds is 5. The SMILES string of the molecule is c1ccc(-c2cccc(-c3nc(-c4ccc(-c5ccc6ccccc6c5)c5ccccc45)nc(-c4cccc5c4oc4ccccc45)n3)c2)cc1. The van der Waals surface area contributed by atoms with Gasteiger partial charge in [0.2, 0.25) is 0 Å². The third-order valence-electron chi connectivity index (χ3n) is 9.73. The standard InChI is InChI=1S/C47H29N3O/c1-2-12-30(13-3-1)33-16-10-17-35(29-33)45-48-46(50-47(49-45)42-22-11-21-40-39-20-8-9-23-43(39)51-44(40)42)41-27-26-36(37-18-6-7-19-38(37)41)34-25-24-31-14-4-5-15-32(31)28-34/h1-29H. The predicted octanol–water partition coefficient (Wildman–Crippen LogP) is 12.4. The minimum Gasteiger partial charge on any atom is -0.455 e. The van der Waals surface area contributed by atoms with E-state index in [4.69, 9.17) is 19.4 Å². The molecule has 0 fully saturated rings. The highest BCUT2D eigenvalue weighted by Crippen LogP contribution is 2.39. The third kappa shape index (κ3) is 5.04. The minimum absolute atomic E-state index is 0.562. The zero-order valence-electron chi connectivity index (χ0n) is 27.5. The summed E-state index contributed by atoms with van der Waals surface area (Å²) in [5.74, 6) is 1.77. The lowest BCUT2D eigenvalue weighted by Crippen LogP contribution is -2.01. The summed E-state index contributed by atoms with van der Waals surface area (Å²) >= 11 is 0. The highest BCUT2D eigenvalue weighted by Gasteiger charge is 2.19. The molecule has 51 heavy (non-hydrogen) atoms. The fraction of sp³-hybridized carbons (Fsp3) is 0. The van der Waals surface area contributed by atoms with E-state index in [2.05, 4.69) is 140 Å².